The molecule has 0 aromatic heterocycles. The third-order valence-electron chi connectivity index (χ3n) is 2.77. The molecule has 0 aliphatic rings. The average molecular weight is 194 g/mol. The van der Waals surface area contributed by atoms with Gasteiger partial charge in [0.05, 0.1) is 0 Å². The normalized spacial score (nSPS) is 17.1. The van der Waals surface area contributed by atoms with Crippen LogP contribution in [0.1, 0.15) is 40.0 Å². The Morgan fingerprint density at radius 1 is 1.23 bits per heavy atom. The van der Waals surface area contributed by atoms with Gasteiger partial charge in [0.25, 0.3) is 5.92 Å². The van der Waals surface area contributed by atoms with Gasteiger partial charge in [0.2, 0.25) is 0 Å². The third-order valence-corrected chi connectivity index (χ3v) is 2.77. The molecule has 0 spiro atoms. The Bertz CT molecular complexity index is 137. The molecule has 80 valence electrons. The standard InChI is InChI=1S/C10H20F2O/c1-4-8(3)9(5-2)6-10(11,12)7-13/h8-9,13H,4-7H2,1-3H3. The van der Waals surface area contributed by atoms with Crippen molar-refractivity contribution >= 4 is 0 Å². The van der Waals surface area contributed by atoms with Gasteiger partial charge in [-0.1, -0.05) is 33.6 Å². The highest BCUT2D eigenvalue weighted by atomic mass is 19.3. The van der Waals surface area contributed by atoms with E-state index in [9.17, 15) is 8.78 Å². The van der Waals surface area contributed by atoms with E-state index in [-0.39, 0.29) is 12.3 Å². The van der Waals surface area contributed by atoms with Crippen molar-refractivity contribution in [2.24, 2.45) is 11.8 Å². The van der Waals surface area contributed by atoms with E-state index in [0.717, 1.165) is 12.8 Å². The van der Waals surface area contributed by atoms with Crippen LogP contribution in [0.25, 0.3) is 0 Å². The summed E-state index contributed by atoms with van der Waals surface area (Å²) >= 11 is 0. The van der Waals surface area contributed by atoms with Gasteiger partial charge < -0.3 is 5.11 Å². The van der Waals surface area contributed by atoms with Gasteiger partial charge in [-0.3, -0.25) is 0 Å². The van der Waals surface area contributed by atoms with Crippen LogP contribution in [-0.2, 0) is 0 Å². The lowest BCUT2D eigenvalue weighted by Gasteiger charge is -2.25. The van der Waals surface area contributed by atoms with E-state index >= 15 is 0 Å². The zero-order chi connectivity index (χ0) is 10.5. The zero-order valence-corrected chi connectivity index (χ0v) is 8.69. The Balaban J connectivity index is 4.11. The van der Waals surface area contributed by atoms with Crippen molar-refractivity contribution in [2.45, 2.75) is 46.0 Å². The van der Waals surface area contributed by atoms with Crippen LogP contribution in [0.5, 0.6) is 0 Å². The summed E-state index contributed by atoms with van der Waals surface area (Å²) in [5, 5.41) is 8.44. The van der Waals surface area contributed by atoms with Crippen LogP contribution < -0.4 is 0 Å². The molecule has 2 unspecified atom stereocenters. The van der Waals surface area contributed by atoms with E-state index in [2.05, 4.69) is 0 Å². The first-order chi connectivity index (χ1) is 5.96. The predicted molar refractivity (Wildman–Crippen MR) is 49.9 cm³/mol. The van der Waals surface area contributed by atoms with Crippen molar-refractivity contribution in [3.63, 3.8) is 0 Å². The molecule has 0 fully saturated rings. The minimum Gasteiger partial charge on any atom is -0.390 e. The number of aliphatic hydroxyl groups excluding tert-OH is 1. The van der Waals surface area contributed by atoms with Crippen molar-refractivity contribution in [1.29, 1.82) is 0 Å². The summed E-state index contributed by atoms with van der Waals surface area (Å²) < 4.78 is 25.7. The molecule has 0 saturated carbocycles. The maximum Gasteiger partial charge on any atom is 0.270 e. The van der Waals surface area contributed by atoms with E-state index in [1.807, 2.05) is 20.8 Å². The largest absolute Gasteiger partial charge is 0.390 e. The monoisotopic (exact) mass is 194 g/mol. The summed E-state index contributed by atoms with van der Waals surface area (Å²) in [5.41, 5.74) is 0. The summed E-state index contributed by atoms with van der Waals surface area (Å²) in [6, 6.07) is 0. The first kappa shape index (κ1) is 12.8. The van der Waals surface area contributed by atoms with E-state index in [4.69, 9.17) is 5.11 Å². The molecule has 1 nitrogen and oxygen atoms in total. The Morgan fingerprint density at radius 3 is 2.08 bits per heavy atom. The van der Waals surface area contributed by atoms with E-state index in [1.54, 1.807) is 0 Å². The molecule has 0 bridgehead atoms. The van der Waals surface area contributed by atoms with Gasteiger partial charge in [-0.05, 0) is 11.8 Å². The highest BCUT2D eigenvalue weighted by Crippen LogP contribution is 2.30. The summed E-state index contributed by atoms with van der Waals surface area (Å²) in [6.45, 7) is 4.89. The Kier molecular flexibility index (Phi) is 5.45. The number of hydrogen-bond donors (Lipinski definition) is 1. The summed E-state index contributed by atoms with van der Waals surface area (Å²) in [7, 11) is 0. The van der Waals surface area contributed by atoms with Crippen LogP contribution in [0.15, 0.2) is 0 Å². The zero-order valence-electron chi connectivity index (χ0n) is 8.69. The molecule has 3 heteroatoms. The second-order valence-corrected chi connectivity index (χ2v) is 3.77. The molecule has 0 aromatic rings. The fraction of sp³-hybridized carbons (Fsp3) is 1.00. The Morgan fingerprint density at radius 2 is 1.77 bits per heavy atom. The van der Waals surface area contributed by atoms with E-state index in [1.165, 1.54) is 0 Å². The Labute approximate surface area is 79.1 Å². The maximum atomic E-state index is 12.8. The predicted octanol–water partition coefficient (Wildman–Crippen LogP) is 3.08. The number of alkyl halides is 2. The molecule has 13 heavy (non-hydrogen) atoms. The van der Waals surface area contributed by atoms with Gasteiger partial charge in [0.1, 0.15) is 6.61 Å². The highest BCUT2D eigenvalue weighted by molar-refractivity contribution is 4.73. The lowest BCUT2D eigenvalue weighted by molar-refractivity contribution is -0.0730. The fourth-order valence-corrected chi connectivity index (χ4v) is 1.53. The molecule has 1 N–H and O–H groups in total. The quantitative estimate of drug-likeness (QED) is 0.689. The van der Waals surface area contributed by atoms with Crippen LogP contribution >= 0.6 is 0 Å². The van der Waals surface area contributed by atoms with Crippen LogP contribution in [0.2, 0.25) is 0 Å². The van der Waals surface area contributed by atoms with Gasteiger partial charge >= 0.3 is 0 Å². The summed E-state index contributed by atoms with van der Waals surface area (Å²) in [6.07, 6.45) is 1.49. The fourth-order valence-electron chi connectivity index (χ4n) is 1.53. The molecule has 0 aliphatic carbocycles. The molecule has 0 rings (SSSR count). The molecule has 0 radical (unpaired) electrons. The van der Waals surface area contributed by atoms with Crippen molar-refractivity contribution in [1.82, 2.24) is 0 Å². The SMILES string of the molecule is CCC(C)C(CC)CC(F)(F)CO. The second-order valence-electron chi connectivity index (χ2n) is 3.77. The number of hydrogen-bond acceptors (Lipinski definition) is 1. The first-order valence-electron chi connectivity index (χ1n) is 4.95. The Hall–Kier alpha value is -0.180. The van der Waals surface area contributed by atoms with E-state index in [0.29, 0.717) is 5.92 Å². The maximum absolute atomic E-state index is 12.8. The molecule has 0 aliphatic heterocycles. The lowest BCUT2D eigenvalue weighted by atomic mass is 9.85. The molecule has 0 heterocycles. The topological polar surface area (TPSA) is 20.2 Å². The van der Waals surface area contributed by atoms with Crippen molar-refractivity contribution < 1.29 is 13.9 Å². The van der Waals surface area contributed by atoms with Gasteiger partial charge in [0.15, 0.2) is 0 Å². The van der Waals surface area contributed by atoms with Crippen LogP contribution in [0.3, 0.4) is 0 Å². The van der Waals surface area contributed by atoms with Gasteiger partial charge in [-0.15, -0.1) is 0 Å². The molecule has 2 atom stereocenters. The van der Waals surface area contributed by atoms with Gasteiger partial charge in [0, 0.05) is 6.42 Å². The molecular weight excluding hydrogens is 174 g/mol. The minimum absolute atomic E-state index is 0.0205. The van der Waals surface area contributed by atoms with Crippen molar-refractivity contribution in [2.75, 3.05) is 6.61 Å². The smallest absolute Gasteiger partial charge is 0.270 e. The van der Waals surface area contributed by atoms with Crippen molar-refractivity contribution in [3.8, 4) is 0 Å². The van der Waals surface area contributed by atoms with Gasteiger partial charge in [-0.25, -0.2) is 8.78 Å². The average Bonchev–Trinajstić information content (AvgIpc) is 2.13. The number of aliphatic hydroxyl groups is 1. The van der Waals surface area contributed by atoms with Crippen LogP contribution in [0.4, 0.5) is 8.78 Å². The third kappa shape index (κ3) is 4.55. The molecule has 0 saturated heterocycles. The van der Waals surface area contributed by atoms with E-state index < -0.39 is 12.5 Å². The van der Waals surface area contributed by atoms with Crippen LogP contribution in [-0.4, -0.2) is 17.6 Å². The minimum atomic E-state index is -2.90. The number of rotatable bonds is 6. The molecule has 0 aromatic carbocycles. The van der Waals surface area contributed by atoms with Crippen LogP contribution in [0, 0.1) is 11.8 Å². The molecule has 0 amide bonds. The first-order valence-corrected chi connectivity index (χ1v) is 4.95. The second kappa shape index (κ2) is 5.53. The number of halogens is 2. The summed E-state index contributed by atoms with van der Waals surface area (Å²) in [4.78, 5) is 0. The highest BCUT2D eigenvalue weighted by Gasteiger charge is 2.32. The lowest BCUT2D eigenvalue weighted by Crippen LogP contribution is -2.27. The van der Waals surface area contributed by atoms with Crippen molar-refractivity contribution in [3.05, 3.63) is 0 Å². The van der Waals surface area contributed by atoms with Gasteiger partial charge in [-0.2, -0.15) is 0 Å². The molecular formula is C10H20F2O. The summed E-state index contributed by atoms with van der Waals surface area (Å²) in [5.74, 6) is -2.57.